The van der Waals surface area contributed by atoms with Crippen LogP contribution in [0.5, 0.6) is 5.75 Å². The fourth-order valence-electron chi connectivity index (χ4n) is 4.47. The summed E-state index contributed by atoms with van der Waals surface area (Å²) in [6.07, 6.45) is -2.50. The minimum absolute atomic E-state index is 0.0233. The van der Waals surface area contributed by atoms with Crippen LogP contribution in [0.15, 0.2) is 77.3 Å². The Kier molecular flexibility index (Phi) is 7.31. The number of halogens is 3. The van der Waals surface area contributed by atoms with Crippen molar-refractivity contribution >= 4 is 20.0 Å². The molecule has 5 rings (SSSR count). The molecule has 1 N–H and O–H groups in total. The number of nitrogens with zero attached hydrogens (tertiary/aromatic N) is 2. The van der Waals surface area contributed by atoms with Crippen molar-refractivity contribution in [3.63, 3.8) is 0 Å². The summed E-state index contributed by atoms with van der Waals surface area (Å²) in [5.74, 6) is -0.0476. The van der Waals surface area contributed by atoms with Gasteiger partial charge in [0, 0.05) is 12.0 Å². The third-order valence-electron chi connectivity index (χ3n) is 7.74. The van der Waals surface area contributed by atoms with Crippen molar-refractivity contribution in [1.82, 2.24) is 4.98 Å². The second-order valence-corrected chi connectivity index (χ2v) is 16.6. The second-order valence-electron chi connectivity index (χ2n) is 11.8. The predicted octanol–water partition coefficient (Wildman–Crippen LogP) is 7.30. The minimum atomic E-state index is -4.59. The quantitative estimate of drug-likeness (QED) is 0.184. The molecule has 0 fully saturated rings. The van der Waals surface area contributed by atoms with Gasteiger partial charge in [0.1, 0.15) is 29.1 Å². The first-order valence-corrected chi connectivity index (χ1v) is 16.4. The van der Waals surface area contributed by atoms with Crippen molar-refractivity contribution in [1.29, 1.82) is 0 Å². The Balaban J connectivity index is 1.50. The van der Waals surface area contributed by atoms with Crippen LogP contribution in [0, 0.1) is 0 Å². The van der Waals surface area contributed by atoms with Gasteiger partial charge in [0.05, 0.1) is 6.42 Å². The molecule has 4 aromatic rings. The van der Waals surface area contributed by atoms with E-state index in [2.05, 4.69) is 39.2 Å². The molecule has 0 bridgehead atoms. The van der Waals surface area contributed by atoms with Gasteiger partial charge in [-0.25, -0.2) is 9.78 Å². The first-order valence-electron chi connectivity index (χ1n) is 13.5. The summed E-state index contributed by atoms with van der Waals surface area (Å²) < 4.78 is 52.2. The summed E-state index contributed by atoms with van der Waals surface area (Å²) in [5.41, 5.74) is 3.04. The molecule has 0 saturated carbocycles. The lowest BCUT2D eigenvalue weighted by Gasteiger charge is -2.36. The third-order valence-corrected chi connectivity index (χ3v) is 12.1. The van der Waals surface area contributed by atoms with Crippen LogP contribution in [0.25, 0.3) is 11.3 Å². The second kappa shape index (κ2) is 10.5. The van der Waals surface area contributed by atoms with E-state index in [9.17, 15) is 18.0 Å². The summed E-state index contributed by atoms with van der Waals surface area (Å²) in [6, 6.07) is 18.8. The Morgan fingerprint density at radius 2 is 1.76 bits per heavy atom. The zero-order valence-electron chi connectivity index (χ0n) is 23.7. The highest BCUT2D eigenvalue weighted by Gasteiger charge is 2.43. The van der Waals surface area contributed by atoms with Crippen molar-refractivity contribution in [2.75, 3.05) is 5.32 Å². The topological polar surface area (TPSA) is 68.2 Å². The molecule has 214 valence electrons. The smallest absolute Gasteiger partial charge is 0.449 e. The zero-order valence-corrected chi connectivity index (χ0v) is 24.7. The van der Waals surface area contributed by atoms with Gasteiger partial charge in [-0.15, -0.1) is 0 Å². The monoisotopic (exact) mass is 580 g/mol. The number of anilines is 1. The molecule has 1 aliphatic heterocycles. The van der Waals surface area contributed by atoms with Gasteiger partial charge in [0.2, 0.25) is 20.1 Å². The molecule has 2 aromatic heterocycles. The van der Waals surface area contributed by atoms with Crippen LogP contribution in [0.1, 0.15) is 48.3 Å². The molecular weight excluding hydrogens is 547 g/mol. The number of aromatic nitrogens is 2. The number of nitrogens with one attached hydrogen (secondary N) is 1. The number of rotatable bonds is 7. The van der Waals surface area contributed by atoms with Gasteiger partial charge >= 0.3 is 17.9 Å². The molecule has 41 heavy (non-hydrogen) atoms. The lowest BCUT2D eigenvalue weighted by molar-refractivity contribution is -0.552. The van der Waals surface area contributed by atoms with Crippen molar-refractivity contribution in [2.24, 2.45) is 0 Å². The largest absolute Gasteiger partial charge is 0.543 e. The molecule has 1 aliphatic rings. The summed E-state index contributed by atoms with van der Waals surface area (Å²) in [7, 11) is -2.08. The summed E-state index contributed by atoms with van der Waals surface area (Å²) in [4.78, 5) is 18.5. The number of carbonyl (C=O) groups is 1. The number of hydrogen-bond donors (Lipinski definition) is 1. The van der Waals surface area contributed by atoms with Crippen molar-refractivity contribution in [3.05, 3.63) is 95.7 Å². The van der Waals surface area contributed by atoms with Gasteiger partial charge < -0.3 is 8.84 Å². The van der Waals surface area contributed by atoms with E-state index in [0.717, 1.165) is 22.9 Å². The van der Waals surface area contributed by atoms with Crippen molar-refractivity contribution < 1.29 is 31.4 Å². The first-order chi connectivity index (χ1) is 19.2. The maximum absolute atomic E-state index is 13.5. The highest BCUT2D eigenvalue weighted by Crippen LogP contribution is 2.38. The standard InChI is InChI=1S/C31H32F3N3O3Si/c1-30(2,3)41(4,5)40-23-13-9-12-21(17-23)26-19-37-28(24(35-26)16-20-10-7-6-8-11-20)36-25(29(37)38)18-22-14-15-27(39-22)31(32,33)34/h6-15,17,19,25H,16,18H2,1-5H3/p+1. The maximum Gasteiger partial charge on any atom is 0.449 e. The molecule has 0 amide bonds. The normalized spacial score (nSPS) is 15.5. The van der Waals surface area contributed by atoms with Crippen LogP contribution in [-0.4, -0.2) is 25.3 Å². The minimum Gasteiger partial charge on any atom is -0.543 e. The molecule has 0 aliphatic carbocycles. The molecule has 6 nitrogen and oxygen atoms in total. The third kappa shape index (κ3) is 6.07. The van der Waals surface area contributed by atoms with E-state index in [1.165, 1.54) is 10.6 Å². The number of hydrogen-bond acceptors (Lipinski definition) is 5. The van der Waals surface area contributed by atoms with Gasteiger partial charge in [-0.05, 0) is 48.0 Å². The molecule has 0 saturated heterocycles. The van der Waals surface area contributed by atoms with Crippen molar-refractivity contribution in [3.8, 4) is 17.0 Å². The van der Waals surface area contributed by atoms with Crippen LogP contribution >= 0.6 is 0 Å². The molecule has 3 heterocycles. The summed E-state index contributed by atoms with van der Waals surface area (Å²) >= 11 is 0. The highest BCUT2D eigenvalue weighted by molar-refractivity contribution is 6.74. The van der Waals surface area contributed by atoms with Crippen LogP contribution in [0.3, 0.4) is 0 Å². The van der Waals surface area contributed by atoms with Gasteiger partial charge in [-0.1, -0.05) is 63.2 Å². The van der Waals surface area contributed by atoms with Gasteiger partial charge in [0.15, 0.2) is 0 Å². The van der Waals surface area contributed by atoms with E-state index in [0.29, 0.717) is 23.6 Å². The zero-order chi connectivity index (χ0) is 29.6. The molecule has 2 aromatic carbocycles. The van der Waals surface area contributed by atoms with E-state index in [1.807, 2.05) is 54.6 Å². The van der Waals surface area contributed by atoms with Crippen LogP contribution in [0.4, 0.5) is 19.0 Å². The SMILES string of the molecule is CC(C)(C)[Si](C)(C)Oc1cccc(-c2c[n+]3c(c(Cc4ccccc4)n2)NC(Cc2ccc(C(F)(F)F)o2)C3=O)c1. The van der Waals surface area contributed by atoms with E-state index in [-0.39, 0.29) is 23.1 Å². The molecular formula is C31H33F3N3O3Si+. The van der Waals surface area contributed by atoms with Crippen LogP contribution < -0.4 is 14.3 Å². The Morgan fingerprint density at radius 3 is 2.41 bits per heavy atom. The van der Waals surface area contributed by atoms with E-state index in [4.69, 9.17) is 13.8 Å². The predicted molar refractivity (Wildman–Crippen MR) is 152 cm³/mol. The van der Waals surface area contributed by atoms with Crippen LogP contribution in [0.2, 0.25) is 18.1 Å². The Labute approximate surface area is 238 Å². The lowest BCUT2D eigenvalue weighted by atomic mass is 10.1. The summed E-state index contributed by atoms with van der Waals surface area (Å²) in [5, 5.41) is 3.22. The molecule has 10 heteroatoms. The fourth-order valence-corrected chi connectivity index (χ4v) is 5.49. The molecule has 1 atom stereocenters. The Hall–Kier alpha value is -3.92. The Morgan fingerprint density at radius 1 is 1.02 bits per heavy atom. The Bertz CT molecular complexity index is 1580. The van der Waals surface area contributed by atoms with E-state index >= 15 is 0 Å². The van der Waals surface area contributed by atoms with Crippen molar-refractivity contribution in [2.45, 2.75) is 64.0 Å². The number of carbonyl (C=O) groups excluding carboxylic acids is 1. The number of alkyl halides is 3. The van der Waals surface area contributed by atoms with E-state index in [1.54, 1.807) is 6.20 Å². The van der Waals surface area contributed by atoms with Gasteiger partial charge in [0.25, 0.3) is 0 Å². The maximum atomic E-state index is 13.5. The number of furan rings is 1. The van der Waals surface area contributed by atoms with Gasteiger partial charge in [-0.3, -0.25) is 5.32 Å². The number of benzene rings is 2. The molecule has 1 unspecified atom stereocenters. The first kappa shape index (κ1) is 28.6. The summed E-state index contributed by atoms with van der Waals surface area (Å²) in [6.45, 7) is 10.9. The van der Waals surface area contributed by atoms with Gasteiger partial charge in [-0.2, -0.15) is 17.7 Å². The lowest BCUT2D eigenvalue weighted by Crippen LogP contribution is -2.44. The number of fused-ring (bicyclic) bond motifs is 1. The average Bonchev–Trinajstić information content (AvgIpc) is 3.49. The average molecular weight is 581 g/mol. The van der Waals surface area contributed by atoms with Crippen LogP contribution in [-0.2, 0) is 19.0 Å². The van der Waals surface area contributed by atoms with E-state index < -0.39 is 26.3 Å². The highest BCUT2D eigenvalue weighted by atomic mass is 28.4. The molecule has 0 radical (unpaired) electrons. The molecule has 0 spiro atoms. The fraction of sp³-hybridized carbons (Fsp3) is 0.323.